The molecule has 1 aromatic carbocycles. The van der Waals surface area contributed by atoms with Crippen LogP contribution in [0.15, 0.2) is 18.2 Å². The fourth-order valence-corrected chi connectivity index (χ4v) is 4.42. The molecule has 1 saturated heterocycles. The molecule has 2 nitrogen and oxygen atoms in total. The van der Waals surface area contributed by atoms with E-state index in [1.807, 2.05) is 6.07 Å². The number of benzene rings is 1. The Hall–Kier alpha value is -0.0631. The van der Waals surface area contributed by atoms with Crippen molar-refractivity contribution < 1.29 is 4.74 Å². The van der Waals surface area contributed by atoms with Gasteiger partial charge in [-0.25, -0.2) is 0 Å². The molecule has 0 bridgehead atoms. The Morgan fingerprint density at radius 2 is 1.78 bits per heavy atom. The molecule has 1 fully saturated rings. The highest BCUT2D eigenvalue weighted by molar-refractivity contribution is 6.62. The van der Waals surface area contributed by atoms with E-state index in [-0.39, 0.29) is 0 Å². The second kappa shape index (κ2) is 11.5. The summed E-state index contributed by atoms with van der Waals surface area (Å²) in [4.78, 5) is 2.52. The van der Waals surface area contributed by atoms with Crippen LogP contribution < -0.4 is 5.19 Å². The molecule has 0 atom stereocenters. The van der Waals surface area contributed by atoms with Gasteiger partial charge in [0.25, 0.3) is 0 Å². The Morgan fingerprint density at radius 3 is 2.57 bits per heavy atom. The van der Waals surface area contributed by atoms with E-state index in [0.717, 1.165) is 37.7 Å². The Balaban J connectivity index is 1.57. The summed E-state index contributed by atoms with van der Waals surface area (Å²) in [5.41, 5.74) is 2.10. The van der Waals surface area contributed by atoms with Crippen LogP contribution in [0.2, 0.25) is 5.02 Å². The van der Waals surface area contributed by atoms with Gasteiger partial charge in [0.05, 0.1) is 22.7 Å². The summed E-state index contributed by atoms with van der Waals surface area (Å²) >= 11 is 12.0. The van der Waals surface area contributed by atoms with Gasteiger partial charge in [-0.1, -0.05) is 42.1 Å². The molecule has 0 saturated carbocycles. The lowest BCUT2D eigenvalue weighted by molar-refractivity contribution is 0.0371. The highest BCUT2D eigenvalue weighted by Crippen LogP contribution is 2.13. The van der Waals surface area contributed by atoms with Crippen LogP contribution in [-0.2, 0) is 11.2 Å². The zero-order valence-corrected chi connectivity index (χ0v) is 16.3. The van der Waals surface area contributed by atoms with Crippen molar-refractivity contribution >= 4 is 37.9 Å². The van der Waals surface area contributed by atoms with E-state index in [1.54, 1.807) is 0 Å². The maximum Gasteiger partial charge on any atom is 0.0992 e. The number of alkyl halides is 1. The zero-order chi connectivity index (χ0) is 16.3. The lowest BCUT2D eigenvalue weighted by Gasteiger charge is -2.26. The smallest absolute Gasteiger partial charge is 0.0992 e. The molecule has 1 aliphatic heterocycles. The average Bonchev–Trinajstić information content (AvgIpc) is 2.57. The predicted octanol–water partition coefficient (Wildman–Crippen LogP) is 3.69. The minimum absolute atomic E-state index is 0.688. The molecule has 0 aromatic heterocycles. The molecular formula is C18H27Cl2NOSi. The third-order valence-electron chi connectivity index (χ3n) is 4.35. The number of halogens is 2. The summed E-state index contributed by atoms with van der Waals surface area (Å²) < 4.78 is 5.38. The number of aryl methyl sites for hydroxylation is 1. The summed E-state index contributed by atoms with van der Waals surface area (Å²) in [6.45, 7) is 5.27. The van der Waals surface area contributed by atoms with Gasteiger partial charge in [-0.15, -0.1) is 11.6 Å². The highest BCUT2D eigenvalue weighted by Gasteiger charge is 2.09. The van der Waals surface area contributed by atoms with Crippen molar-refractivity contribution in [3.63, 3.8) is 0 Å². The van der Waals surface area contributed by atoms with Crippen LogP contribution in [0.5, 0.6) is 0 Å². The first-order chi connectivity index (χ1) is 11.3. The van der Waals surface area contributed by atoms with E-state index in [0.29, 0.717) is 15.0 Å². The molecule has 0 spiro atoms. The third-order valence-corrected chi connectivity index (χ3v) is 5.99. The quantitative estimate of drug-likeness (QED) is 0.353. The molecule has 0 aliphatic carbocycles. The molecule has 23 heavy (non-hydrogen) atoms. The van der Waals surface area contributed by atoms with Gasteiger partial charge in [-0.05, 0) is 43.5 Å². The fourth-order valence-electron chi connectivity index (χ4n) is 3.02. The SMILES string of the molecule is ClC[Si]c1ccc(Cl)cc1CCCCCCCN1CCOCC1. The summed E-state index contributed by atoms with van der Waals surface area (Å²) in [7, 11) is 0.688. The molecule has 1 aromatic rings. The largest absolute Gasteiger partial charge is 0.379 e. The van der Waals surface area contributed by atoms with Crippen molar-refractivity contribution in [3.8, 4) is 0 Å². The van der Waals surface area contributed by atoms with Crippen LogP contribution in [0.3, 0.4) is 0 Å². The lowest BCUT2D eigenvalue weighted by atomic mass is 10.1. The summed E-state index contributed by atoms with van der Waals surface area (Å²) in [6.07, 6.45) is 7.66. The first kappa shape index (κ1) is 19.3. The van der Waals surface area contributed by atoms with E-state index in [9.17, 15) is 0 Å². The van der Waals surface area contributed by atoms with Crippen molar-refractivity contribution in [1.29, 1.82) is 0 Å². The Kier molecular flexibility index (Phi) is 9.62. The van der Waals surface area contributed by atoms with Gasteiger partial charge in [0.1, 0.15) is 0 Å². The van der Waals surface area contributed by atoms with E-state index in [2.05, 4.69) is 17.0 Å². The van der Waals surface area contributed by atoms with Gasteiger partial charge < -0.3 is 4.74 Å². The standard InChI is InChI=1S/C18H27Cl2NOSi/c19-15-23-18-8-7-17(20)14-16(18)6-4-2-1-3-5-9-21-10-12-22-13-11-21/h7-8,14H,1-6,9-13,15H2. The molecule has 128 valence electrons. The first-order valence-corrected chi connectivity index (χ1v) is 10.8. The van der Waals surface area contributed by atoms with Crippen LogP contribution in [0.4, 0.5) is 0 Å². The van der Waals surface area contributed by atoms with Crippen LogP contribution in [0.1, 0.15) is 37.7 Å². The number of hydrogen-bond acceptors (Lipinski definition) is 2. The molecule has 0 unspecified atom stereocenters. The van der Waals surface area contributed by atoms with Gasteiger partial charge in [0.15, 0.2) is 0 Å². The van der Waals surface area contributed by atoms with Gasteiger partial charge in [0, 0.05) is 23.6 Å². The van der Waals surface area contributed by atoms with Crippen molar-refractivity contribution in [3.05, 3.63) is 28.8 Å². The lowest BCUT2D eigenvalue weighted by Crippen LogP contribution is -2.36. The second-order valence-electron chi connectivity index (χ2n) is 6.08. The summed E-state index contributed by atoms with van der Waals surface area (Å²) in [5.74, 6) is 0. The van der Waals surface area contributed by atoms with Crippen molar-refractivity contribution in [2.24, 2.45) is 0 Å². The Labute approximate surface area is 153 Å². The van der Waals surface area contributed by atoms with E-state index in [1.165, 1.54) is 49.4 Å². The summed E-state index contributed by atoms with van der Waals surface area (Å²) in [6, 6.07) is 6.24. The van der Waals surface area contributed by atoms with Crippen LogP contribution in [-0.4, -0.2) is 52.8 Å². The molecular weight excluding hydrogens is 345 g/mol. The normalized spacial score (nSPS) is 15.9. The number of rotatable bonds is 10. The molecule has 2 radical (unpaired) electrons. The number of hydrogen-bond donors (Lipinski definition) is 0. The van der Waals surface area contributed by atoms with Crippen LogP contribution in [0.25, 0.3) is 0 Å². The van der Waals surface area contributed by atoms with E-state index in [4.69, 9.17) is 27.9 Å². The van der Waals surface area contributed by atoms with E-state index >= 15 is 0 Å². The predicted molar refractivity (Wildman–Crippen MR) is 102 cm³/mol. The topological polar surface area (TPSA) is 12.5 Å². The fraction of sp³-hybridized carbons (Fsp3) is 0.667. The van der Waals surface area contributed by atoms with Gasteiger partial charge in [-0.3, -0.25) is 4.90 Å². The molecule has 0 amide bonds. The number of unbranched alkanes of at least 4 members (excludes halogenated alkanes) is 4. The average molecular weight is 372 g/mol. The maximum absolute atomic E-state index is 6.13. The van der Waals surface area contributed by atoms with Gasteiger partial charge in [0.2, 0.25) is 0 Å². The number of morpholine rings is 1. The molecule has 2 rings (SSSR count). The second-order valence-corrected chi connectivity index (χ2v) is 8.48. The molecule has 1 aliphatic rings. The number of ether oxygens (including phenoxy) is 1. The Morgan fingerprint density at radius 1 is 1.04 bits per heavy atom. The minimum Gasteiger partial charge on any atom is -0.379 e. The first-order valence-electron chi connectivity index (χ1n) is 8.68. The molecule has 0 N–H and O–H groups in total. The van der Waals surface area contributed by atoms with Gasteiger partial charge in [-0.2, -0.15) is 0 Å². The zero-order valence-electron chi connectivity index (χ0n) is 13.8. The summed E-state index contributed by atoms with van der Waals surface area (Å²) in [5, 5.41) is 2.23. The third kappa shape index (κ3) is 7.57. The molecule has 1 heterocycles. The number of nitrogens with zero attached hydrogens (tertiary/aromatic N) is 1. The Bertz CT molecular complexity index is 453. The van der Waals surface area contributed by atoms with Crippen molar-refractivity contribution in [1.82, 2.24) is 4.90 Å². The minimum atomic E-state index is 0.688. The van der Waals surface area contributed by atoms with Crippen LogP contribution >= 0.6 is 23.2 Å². The van der Waals surface area contributed by atoms with E-state index < -0.39 is 0 Å². The van der Waals surface area contributed by atoms with Crippen molar-refractivity contribution in [2.75, 3.05) is 38.4 Å². The monoisotopic (exact) mass is 371 g/mol. The maximum atomic E-state index is 6.13. The highest BCUT2D eigenvalue weighted by atomic mass is 35.5. The molecule has 5 heteroatoms. The van der Waals surface area contributed by atoms with Crippen molar-refractivity contribution in [2.45, 2.75) is 38.5 Å². The van der Waals surface area contributed by atoms with Crippen LogP contribution in [0, 0.1) is 0 Å². The van der Waals surface area contributed by atoms with Gasteiger partial charge >= 0.3 is 0 Å².